The maximum atomic E-state index is 9.42. The Hall–Kier alpha value is -1.53. The van der Waals surface area contributed by atoms with Crippen molar-refractivity contribution in [2.24, 2.45) is 0 Å². The SMILES string of the molecule is CC(C)(C)[Si](C)(C)C(C#N)/C=C\OCc1ccccc1. The first-order valence-corrected chi connectivity index (χ1v) is 10.1. The molecule has 0 fully saturated rings. The number of hydrogen-bond donors (Lipinski definition) is 0. The van der Waals surface area contributed by atoms with Gasteiger partial charge < -0.3 is 4.74 Å². The van der Waals surface area contributed by atoms with Crippen LogP contribution in [0.3, 0.4) is 0 Å². The standard InChI is InChI=1S/C17H25NOSi/c1-17(2,3)20(4,5)16(13-18)11-12-19-14-15-9-7-6-8-10-15/h6-12,16H,14H2,1-5H3/b12-11-. The van der Waals surface area contributed by atoms with Crippen LogP contribution < -0.4 is 0 Å². The lowest BCUT2D eigenvalue weighted by molar-refractivity contribution is 0.235. The molecule has 20 heavy (non-hydrogen) atoms. The molecule has 108 valence electrons. The fourth-order valence-electron chi connectivity index (χ4n) is 1.76. The van der Waals surface area contributed by atoms with Gasteiger partial charge in [-0.2, -0.15) is 5.26 Å². The van der Waals surface area contributed by atoms with Crippen molar-refractivity contribution in [1.82, 2.24) is 0 Å². The van der Waals surface area contributed by atoms with Gasteiger partial charge in [-0.05, 0) is 16.7 Å². The van der Waals surface area contributed by atoms with Gasteiger partial charge in [-0.15, -0.1) is 0 Å². The Labute approximate surface area is 124 Å². The summed E-state index contributed by atoms with van der Waals surface area (Å²) in [5, 5.41) is 9.61. The van der Waals surface area contributed by atoms with Gasteiger partial charge in [-0.25, -0.2) is 0 Å². The number of nitrogens with zero attached hydrogens (tertiary/aromatic N) is 1. The molecule has 0 bridgehead atoms. The van der Waals surface area contributed by atoms with Gasteiger partial charge in [0.15, 0.2) is 0 Å². The van der Waals surface area contributed by atoms with Gasteiger partial charge in [0.1, 0.15) is 6.61 Å². The lowest BCUT2D eigenvalue weighted by Gasteiger charge is -2.39. The van der Waals surface area contributed by atoms with Crippen LogP contribution in [0.5, 0.6) is 0 Å². The summed E-state index contributed by atoms with van der Waals surface area (Å²) in [4.78, 5) is 0. The molecular formula is C17H25NOSi. The minimum absolute atomic E-state index is 0.0294. The van der Waals surface area contributed by atoms with Crippen LogP contribution in [0.25, 0.3) is 0 Å². The first-order chi connectivity index (χ1) is 9.29. The summed E-state index contributed by atoms with van der Waals surface area (Å²) in [6.07, 6.45) is 3.63. The summed E-state index contributed by atoms with van der Waals surface area (Å²) in [5.41, 5.74) is 1.11. The van der Waals surface area contributed by atoms with E-state index in [1.807, 2.05) is 36.4 Å². The average molecular weight is 287 g/mol. The Bertz CT molecular complexity index is 480. The van der Waals surface area contributed by atoms with Crippen LogP contribution in [-0.2, 0) is 11.3 Å². The average Bonchev–Trinajstić information content (AvgIpc) is 2.38. The topological polar surface area (TPSA) is 33.0 Å². The molecule has 1 atom stereocenters. The van der Waals surface area contributed by atoms with Gasteiger partial charge in [-0.1, -0.05) is 64.2 Å². The van der Waals surface area contributed by atoms with Crippen LogP contribution in [0.15, 0.2) is 42.7 Å². The Morgan fingerprint density at radius 1 is 1.25 bits per heavy atom. The van der Waals surface area contributed by atoms with E-state index >= 15 is 0 Å². The number of allylic oxidation sites excluding steroid dienone is 1. The number of hydrogen-bond acceptors (Lipinski definition) is 2. The van der Waals surface area contributed by atoms with E-state index < -0.39 is 8.07 Å². The molecule has 1 unspecified atom stereocenters. The van der Waals surface area contributed by atoms with Crippen molar-refractivity contribution in [3.05, 3.63) is 48.2 Å². The van der Waals surface area contributed by atoms with E-state index in [0.29, 0.717) is 6.61 Å². The molecule has 1 rings (SSSR count). The molecule has 0 amide bonds. The Morgan fingerprint density at radius 2 is 1.85 bits per heavy atom. The zero-order valence-corrected chi connectivity index (χ0v) is 14.2. The van der Waals surface area contributed by atoms with Crippen molar-refractivity contribution < 1.29 is 4.74 Å². The third-order valence-electron chi connectivity index (χ3n) is 4.31. The summed E-state index contributed by atoms with van der Waals surface area (Å²) in [6.45, 7) is 11.8. The van der Waals surface area contributed by atoms with E-state index in [-0.39, 0.29) is 10.6 Å². The van der Waals surface area contributed by atoms with Gasteiger partial charge in [0, 0.05) is 0 Å². The van der Waals surface area contributed by atoms with Gasteiger partial charge in [-0.3, -0.25) is 0 Å². The van der Waals surface area contributed by atoms with Crippen LogP contribution in [-0.4, -0.2) is 8.07 Å². The second-order valence-electron chi connectivity index (χ2n) is 6.70. The van der Waals surface area contributed by atoms with Crippen molar-refractivity contribution in [3.8, 4) is 6.07 Å². The molecule has 1 aromatic carbocycles. The number of ether oxygens (including phenoxy) is 1. The lowest BCUT2D eigenvalue weighted by Crippen LogP contribution is -2.41. The predicted molar refractivity (Wildman–Crippen MR) is 86.9 cm³/mol. The zero-order chi connectivity index (χ0) is 15.2. The van der Waals surface area contributed by atoms with E-state index in [4.69, 9.17) is 4.74 Å². The first kappa shape index (κ1) is 16.5. The smallest absolute Gasteiger partial charge is 0.112 e. The maximum Gasteiger partial charge on any atom is 0.112 e. The van der Waals surface area contributed by atoms with Crippen molar-refractivity contribution in [3.63, 3.8) is 0 Å². The van der Waals surface area contributed by atoms with Crippen molar-refractivity contribution in [1.29, 1.82) is 5.26 Å². The summed E-state index contributed by atoms with van der Waals surface area (Å²) >= 11 is 0. The molecule has 0 aliphatic rings. The van der Waals surface area contributed by atoms with Gasteiger partial charge in [0.2, 0.25) is 0 Å². The highest BCUT2D eigenvalue weighted by atomic mass is 28.3. The predicted octanol–water partition coefficient (Wildman–Crippen LogP) is 5.12. The highest BCUT2D eigenvalue weighted by Crippen LogP contribution is 2.43. The first-order valence-electron chi connectivity index (χ1n) is 7.01. The monoisotopic (exact) mass is 287 g/mol. The molecule has 2 nitrogen and oxygen atoms in total. The second-order valence-corrected chi connectivity index (χ2v) is 12.3. The fraction of sp³-hybridized carbons (Fsp3) is 0.471. The summed E-state index contributed by atoms with van der Waals surface area (Å²) in [5.74, 6) is 0. The zero-order valence-electron chi connectivity index (χ0n) is 13.2. The highest BCUT2D eigenvalue weighted by Gasteiger charge is 2.41. The molecule has 0 radical (unpaired) electrons. The molecule has 0 heterocycles. The molecule has 1 aromatic rings. The largest absolute Gasteiger partial charge is 0.497 e. The van der Waals surface area contributed by atoms with Crippen molar-refractivity contribution >= 4 is 8.07 Å². The third-order valence-corrected chi connectivity index (χ3v) is 10.1. The number of benzene rings is 1. The fourth-order valence-corrected chi connectivity index (χ4v) is 3.58. The molecule has 0 saturated heterocycles. The quantitative estimate of drug-likeness (QED) is 0.556. The molecular weight excluding hydrogens is 262 g/mol. The minimum atomic E-state index is -1.69. The van der Waals surface area contributed by atoms with Crippen LogP contribution >= 0.6 is 0 Å². The van der Waals surface area contributed by atoms with Crippen molar-refractivity contribution in [2.75, 3.05) is 0 Å². The van der Waals surface area contributed by atoms with Crippen LogP contribution in [0.1, 0.15) is 26.3 Å². The maximum absolute atomic E-state index is 9.42. The van der Waals surface area contributed by atoms with Crippen LogP contribution in [0.2, 0.25) is 23.7 Å². The van der Waals surface area contributed by atoms with Crippen LogP contribution in [0, 0.1) is 11.3 Å². The molecule has 0 aliphatic heterocycles. The molecule has 0 saturated carbocycles. The summed E-state index contributed by atoms with van der Waals surface area (Å²) in [6, 6.07) is 12.5. The van der Waals surface area contributed by atoms with E-state index in [9.17, 15) is 5.26 Å². The minimum Gasteiger partial charge on any atom is -0.497 e. The Kier molecular flexibility index (Phi) is 5.59. The summed E-state index contributed by atoms with van der Waals surface area (Å²) < 4.78 is 5.55. The van der Waals surface area contributed by atoms with Gasteiger partial charge in [0.25, 0.3) is 0 Å². The van der Waals surface area contributed by atoms with Gasteiger partial charge >= 0.3 is 0 Å². The molecule has 3 heteroatoms. The van der Waals surface area contributed by atoms with Crippen LogP contribution in [0.4, 0.5) is 0 Å². The normalized spacial score (nSPS) is 14.0. The highest BCUT2D eigenvalue weighted by molar-refractivity contribution is 6.82. The second kappa shape index (κ2) is 6.76. The number of nitriles is 1. The molecule has 0 aromatic heterocycles. The summed E-state index contributed by atoms with van der Waals surface area (Å²) in [7, 11) is -1.69. The molecule has 0 aliphatic carbocycles. The van der Waals surface area contributed by atoms with E-state index in [1.165, 1.54) is 0 Å². The van der Waals surface area contributed by atoms with E-state index in [1.54, 1.807) is 6.26 Å². The Balaban J connectivity index is 2.62. The van der Waals surface area contributed by atoms with E-state index in [2.05, 4.69) is 39.9 Å². The molecule has 0 N–H and O–H groups in total. The lowest BCUT2D eigenvalue weighted by atomic mass is 10.2. The Morgan fingerprint density at radius 3 is 2.35 bits per heavy atom. The van der Waals surface area contributed by atoms with E-state index in [0.717, 1.165) is 5.56 Å². The third kappa shape index (κ3) is 4.24. The van der Waals surface area contributed by atoms with Crippen molar-refractivity contribution in [2.45, 2.75) is 51.1 Å². The number of rotatable bonds is 5. The van der Waals surface area contributed by atoms with Gasteiger partial charge in [0.05, 0.1) is 25.9 Å². The molecule has 0 spiro atoms.